The van der Waals surface area contributed by atoms with Crippen LogP contribution in [-0.4, -0.2) is 60.5 Å². The summed E-state index contributed by atoms with van der Waals surface area (Å²) in [5.41, 5.74) is 5.33. The molecular weight excluding hydrogens is 681 g/mol. The molecule has 0 rings (SSSR count). The van der Waals surface area contributed by atoms with Gasteiger partial charge in [0.05, 0.1) is 19.8 Å². The smallest absolute Gasteiger partial charge is 0.472 e. The molecule has 11 heteroatoms. The van der Waals surface area contributed by atoms with Gasteiger partial charge >= 0.3 is 19.8 Å². The minimum atomic E-state index is -4.61. The molecular formula is C41H76NO9P. The van der Waals surface area contributed by atoms with Crippen LogP contribution >= 0.6 is 7.82 Å². The topological polar surface area (TPSA) is 155 Å². The minimum Gasteiger partial charge on any atom is -0.480 e. The maximum Gasteiger partial charge on any atom is 0.472 e. The Labute approximate surface area is 317 Å². The van der Waals surface area contributed by atoms with Gasteiger partial charge < -0.3 is 25.2 Å². The van der Waals surface area contributed by atoms with Gasteiger partial charge in [-0.2, -0.15) is 0 Å². The van der Waals surface area contributed by atoms with Crippen LogP contribution in [0.4, 0.5) is 0 Å². The Morgan fingerprint density at radius 3 is 1.58 bits per heavy atom. The third kappa shape index (κ3) is 36.5. The Balaban J connectivity index is 4.15. The molecule has 0 aliphatic heterocycles. The first kappa shape index (κ1) is 50.2. The average molecular weight is 758 g/mol. The number of unbranched alkanes of at least 4 members (excludes halogenated alkanes) is 19. The van der Waals surface area contributed by atoms with E-state index < -0.39 is 45.1 Å². The van der Waals surface area contributed by atoms with Crippen molar-refractivity contribution in [2.24, 2.45) is 5.73 Å². The summed E-state index contributed by atoms with van der Waals surface area (Å²) < 4.78 is 33.2. The Morgan fingerprint density at radius 1 is 0.615 bits per heavy atom. The second-order valence-electron chi connectivity index (χ2n) is 13.8. The van der Waals surface area contributed by atoms with Crippen LogP contribution in [-0.2, 0) is 32.7 Å². The molecule has 3 unspecified atom stereocenters. The van der Waals surface area contributed by atoms with Gasteiger partial charge in [-0.25, -0.2) is 4.57 Å². The number of phosphoric ester groups is 1. The van der Waals surface area contributed by atoms with Crippen molar-refractivity contribution in [3.8, 4) is 0 Å². The normalized spacial score (nSPS) is 14.4. The largest absolute Gasteiger partial charge is 0.480 e. The van der Waals surface area contributed by atoms with Crippen LogP contribution in [0, 0.1) is 0 Å². The number of phosphoric acid groups is 1. The van der Waals surface area contributed by atoms with E-state index in [1.54, 1.807) is 0 Å². The first-order valence-corrected chi connectivity index (χ1v) is 22.0. The number of nitrogens with two attached hydrogens (primary N) is 1. The number of carbonyl (C=O) groups is 2. The van der Waals surface area contributed by atoms with Crippen molar-refractivity contribution in [1.82, 2.24) is 0 Å². The van der Waals surface area contributed by atoms with E-state index in [2.05, 4.69) is 54.8 Å². The fourth-order valence-corrected chi connectivity index (χ4v) is 6.21. The molecule has 0 bridgehead atoms. The van der Waals surface area contributed by atoms with Crippen LogP contribution in [0.15, 0.2) is 36.5 Å². The molecule has 4 N–H and O–H groups in total. The van der Waals surface area contributed by atoms with Crippen LogP contribution < -0.4 is 5.73 Å². The maximum atomic E-state index is 12.5. The van der Waals surface area contributed by atoms with Crippen molar-refractivity contribution in [3.05, 3.63) is 36.5 Å². The molecule has 304 valence electrons. The molecule has 0 spiro atoms. The molecule has 0 saturated heterocycles. The molecule has 0 amide bonds. The highest BCUT2D eigenvalue weighted by atomic mass is 31.2. The molecule has 0 aliphatic carbocycles. The zero-order valence-electron chi connectivity index (χ0n) is 32.9. The predicted molar refractivity (Wildman–Crippen MR) is 212 cm³/mol. The first-order chi connectivity index (χ1) is 25.2. The number of esters is 1. The Hall–Kier alpha value is -1.81. The average Bonchev–Trinajstić information content (AvgIpc) is 3.12. The molecule has 3 atom stereocenters. The molecule has 0 aromatic carbocycles. The molecule has 0 heterocycles. The molecule has 0 aliphatic rings. The SMILES string of the molecule is CCCCCCC/C=C\C/C=C\C/C=C\CCCCCCCCCOCC(COP(=O)(O)OCC(N)C(=O)O)OC(=O)CCCCCCCCCC. The number of ether oxygens (including phenoxy) is 2. The predicted octanol–water partition coefficient (Wildman–Crippen LogP) is 10.9. The van der Waals surface area contributed by atoms with E-state index in [4.69, 9.17) is 24.8 Å². The van der Waals surface area contributed by atoms with Gasteiger partial charge in [-0.3, -0.25) is 18.6 Å². The number of rotatable bonds is 39. The van der Waals surface area contributed by atoms with Crippen molar-refractivity contribution in [3.63, 3.8) is 0 Å². The number of carbonyl (C=O) groups excluding carboxylic acids is 1. The van der Waals surface area contributed by atoms with Crippen LogP contribution in [0.3, 0.4) is 0 Å². The summed E-state index contributed by atoms with van der Waals surface area (Å²) in [7, 11) is -4.61. The second kappa shape index (κ2) is 37.5. The number of hydrogen-bond acceptors (Lipinski definition) is 8. The van der Waals surface area contributed by atoms with E-state index in [0.717, 1.165) is 57.8 Å². The highest BCUT2D eigenvalue weighted by Crippen LogP contribution is 2.43. The lowest BCUT2D eigenvalue weighted by atomic mass is 10.1. The summed E-state index contributed by atoms with van der Waals surface area (Å²) in [5.74, 6) is -1.79. The van der Waals surface area contributed by atoms with Gasteiger partial charge in [-0.1, -0.05) is 153 Å². The molecule has 0 aromatic rings. The van der Waals surface area contributed by atoms with Crippen LogP contribution in [0.5, 0.6) is 0 Å². The van der Waals surface area contributed by atoms with Crippen LogP contribution in [0.1, 0.15) is 174 Å². The monoisotopic (exact) mass is 758 g/mol. The maximum absolute atomic E-state index is 12.5. The van der Waals surface area contributed by atoms with Gasteiger partial charge in [-0.15, -0.1) is 0 Å². The molecule has 10 nitrogen and oxygen atoms in total. The lowest BCUT2D eigenvalue weighted by Crippen LogP contribution is -2.34. The lowest BCUT2D eigenvalue weighted by molar-refractivity contribution is -0.154. The van der Waals surface area contributed by atoms with Crippen LogP contribution in [0.2, 0.25) is 0 Å². The van der Waals surface area contributed by atoms with Crippen LogP contribution in [0.25, 0.3) is 0 Å². The van der Waals surface area contributed by atoms with E-state index in [0.29, 0.717) is 13.0 Å². The van der Waals surface area contributed by atoms with E-state index >= 15 is 0 Å². The summed E-state index contributed by atoms with van der Waals surface area (Å²) in [6, 6.07) is -1.47. The zero-order valence-corrected chi connectivity index (χ0v) is 33.8. The molecule has 52 heavy (non-hydrogen) atoms. The van der Waals surface area contributed by atoms with Gasteiger partial charge in [0.2, 0.25) is 0 Å². The Morgan fingerprint density at radius 2 is 1.06 bits per heavy atom. The highest BCUT2D eigenvalue weighted by molar-refractivity contribution is 7.47. The Kier molecular flexibility index (Phi) is 36.2. The number of aliphatic carboxylic acids is 1. The van der Waals surface area contributed by atoms with E-state index in [9.17, 15) is 19.0 Å². The van der Waals surface area contributed by atoms with Gasteiger partial charge in [0.1, 0.15) is 12.1 Å². The summed E-state index contributed by atoms with van der Waals surface area (Å²) in [5, 5.41) is 8.86. The third-order valence-electron chi connectivity index (χ3n) is 8.67. The van der Waals surface area contributed by atoms with Crippen molar-refractivity contribution in [2.75, 3.05) is 26.4 Å². The van der Waals surface area contributed by atoms with Crippen molar-refractivity contribution in [2.45, 2.75) is 187 Å². The van der Waals surface area contributed by atoms with Crippen molar-refractivity contribution in [1.29, 1.82) is 0 Å². The molecule has 0 aromatic heterocycles. The standard InChI is InChI=1S/C41H76NO9P/c1-3-5-7-9-11-13-14-15-16-17-18-19-20-21-22-23-24-25-26-28-30-32-34-48-35-38(36-49-52(46,47)50-37-39(42)41(44)45)51-40(43)33-31-29-27-12-10-8-6-4-2/h14-15,17-18,20-21,38-39H,3-13,16,19,22-37,42H2,1-2H3,(H,44,45)(H,46,47)/b15-14-,18-17-,21-20-. The van der Waals surface area contributed by atoms with E-state index in [1.807, 2.05) is 0 Å². The lowest BCUT2D eigenvalue weighted by Gasteiger charge is -2.20. The van der Waals surface area contributed by atoms with Gasteiger partial charge in [0.25, 0.3) is 0 Å². The number of carboxylic acid groups (broad SMARTS) is 1. The summed E-state index contributed by atoms with van der Waals surface area (Å²) in [4.78, 5) is 33.3. The quantitative estimate of drug-likeness (QED) is 0.0239. The fraction of sp³-hybridized carbons (Fsp3) is 0.805. The van der Waals surface area contributed by atoms with Crippen molar-refractivity contribution < 1.29 is 42.7 Å². The summed E-state index contributed by atoms with van der Waals surface area (Å²) >= 11 is 0. The minimum absolute atomic E-state index is 0.0113. The van der Waals surface area contributed by atoms with E-state index in [-0.39, 0.29) is 13.0 Å². The zero-order chi connectivity index (χ0) is 38.4. The van der Waals surface area contributed by atoms with Gasteiger partial charge in [0.15, 0.2) is 0 Å². The first-order valence-electron chi connectivity index (χ1n) is 20.5. The Bertz CT molecular complexity index is 972. The fourth-order valence-electron chi connectivity index (χ4n) is 5.43. The van der Waals surface area contributed by atoms with Gasteiger partial charge in [-0.05, 0) is 51.4 Å². The highest BCUT2D eigenvalue weighted by Gasteiger charge is 2.27. The van der Waals surface area contributed by atoms with Crippen molar-refractivity contribution >= 4 is 19.8 Å². The summed E-state index contributed by atoms with van der Waals surface area (Å²) in [6.07, 6.45) is 40.7. The molecule has 0 radical (unpaired) electrons. The molecule has 0 saturated carbocycles. The van der Waals surface area contributed by atoms with Gasteiger partial charge in [0, 0.05) is 13.0 Å². The number of carboxylic acids is 1. The second-order valence-corrected chi connectivity index (χ2v) is 15.2. The summed E-state index contributed by atoms with van der Waals surface area (Å²) in [6.45, 7) is 3.80. The van der Waals surface area contributed by atoms with E-state index in [1.165, 1.54) is 89.9 Å². The number of allylic oxidation sites excluding steroid dienone is 6. The third-order valence-corrected chi connectivity index (χ3v) is 9.62. The molecule has 0 fully saturated rings. The number of hydrogen-bond donors (Lipinski definition) is 3.